The van der Waals surface area contributed by atoms with Crippen molar-refractivity contribution in [1.82, 2.24) is 29.4 Å². The Morgan fingerprint density at radius 2 is 2.13 bits per heavy atom. The number of para-hydroxylation sites is 1. The standard InChI is InChI=1S/C22H27N7O/c1-13(2)28-17-9-7-14(11-15(17)12-24-28)8-10-19-25-21-16-5-4-6-18(30-3)20(16)26-22(23)29(21)27-19/h4-6,12-14H,7-11H2,1-3H3,(H2,23,26)/t14-/m0/s1. The van der Waals surface area contributed by atoms with E-state index in [1.54, 1.807) is 11.6 Å². The maximum atomic E-state index is 6.16. The van der Waals surface area contributed by atoms with Gasteiger partial charge in [-0.3, -0.25) is 4.68 Å². The van der Waals surface area contributed by atoms with Crippen LogP contribution in [0.5, 0.6) is 5.75 Å². The normalized spacial score (nSPS) is 16.5. The van der Waals surface area contributed by atoms with E-state index in [-0.39, 0.29) is 0 Å². The molecule has 30 heavy (non-hydrogen) atoms. The second kappa shape index (κ2) is 7.27. The van der Waals surface area contributed by atoms with Crippen LogP contribution in [0.15, 0.2) is 24.4 Å². The highest BCUT2D eigenvalue weighted by Gasteiger charge is 2.24. The highest BCUT2D eigenvalue weighted by molar-refractivity contribution is 5.95. The molecule has 0 saturated heterocycles. The topological polar surface area (TPSA) is 96.1 Å². The number of hydrogen-bond donors (Lipinski definition) is 1. The summed E-state index contributed by atoms with van der Waals surface area (Å²) < 4.78 is 9.24. The van der Waals surface area contributed by atoms with Crippen LogP contribution in [0.3, 0.4) is 0 Å². The molecule has 1 atom stereocenters. The van der Waals surface area contributed by atoms with E-state index in [0.717, 1.165) is 42.5 Å². The Balaban J connectivity index is 1.37. The number of methoxy groups -OCH3 is 1. The van der Waals surface area contributed by atoms with Crippen molar-refractivity contribution in [2.45, 2.75) is 52.0 Å². The summed E-state index contributed by atoms with van der Waals surface area (Å²) >= 11 is 0. The van der Waals surface area contributed by atoms with E-state index in [1.807, 2.05) is 18.2 Å². The molecule has 0 aliphatic heterocycles. The van der Waals surface area contributed by atoms with E-state index < -0.39 is 0 Å². The molecule has 5 rings (SSSR count). The molecule has 0 unspecified atom stereocenters. The van der Waals surface area contributed by atoms with Crippen LogP contribution < -0.4 is 10.5 Å². The van der Waals surface area contributed by atoms with Crippen molar-refractivity contribution >= 4 is 22.5 Å². The number of fused-ring (bicyclic) bond motifs is 4. The quantitative estimate of drug-likeness (QED) is 0.547. The second-order valence-electron chi connectivity index (χ2n) is 8.39. The Hall–Kier alpha value is -3.16. The first-order valence-corrected chi connectivity index (χ1v) is 10.6. The average Bonchev–Trinajstić information content (AvgIpc) is 3.36. The van der Waals surface area contributed by atoms with Crippen LogP contribution in [0.1, 0.15) is 49.8 Å². The lowest BCUT2D eigenvalue weighted by atomic mass is 9.84. The van der Waals surface area contributed by atoms with Crippen LogP contribution in [-0.4, -0.2) is 36.5 Å². The molecular weight excluding hydrogens is 378 g/mol. The lowest BCUT2D eigenvalue weighted by Crippen LogP contribution is -2.18. The molecule has 8 heteroatoms. The summed E-state index contributed by atoms with van der Waals surface area (Å²) in [5, 5.41) is 10.1. The minimum absolute atomic E-state index is 0.323. The number of nitrogen functional groups attached to an aromatic ring is 1. The van der Waals surface area contributed by atoms with E-state index >= 15 is 0 Å². The van der Waals surface area contributed by atoms with Crippen LogP contribution in [-0.2, 0) is 19.3 Å². The van der Waals surface area contributed by atoms with Gasteiger partial charge in [0.2, 0.25) is 5.95 Å². The van der Waals surface area contributed by atoms with Gasteiger partial charge in [-0.25, -0.2) is 9.97 Å². The van der Waals surface area contributed by atoms with Crippen molar-refractivity contribution in [1.29, 1.82) is 0 Å². The molecule has 1 aliphatic rings. The van der Waals surface area contributed by atoms with E-state index in [9.17, 15) is 0 Å². The second-order valence-corrected chi connectivity index (χ2v) is 8.39. The number of aromatic nitrogens is 6. The first kappa shape index (κ1) is 18.8. The van der Waals surface area contributed by atoms with Crippen molar-refractivity contribution in [2.24, 2.45) is 5.92 Å². The molecule has 3 aromatic heterocycles. The first-order valence-electron chi connectivity index (χ1n) is 10.6. The summed E-state index contributed by atoms with van der Waals surface area (Å²) in [6.45, 7) is 4.38. The van der Waals surface area contributed by atoms with E-state index in [0.29, 0.717) is 29.2 Å². The average molecular weight is 406 g/mol. The number of rotatable bonds is 5. The van der Waals surface area contributed by atoms with Crippen LogP contribution in [0.25, 0.3) is 16.6 Å². The third-order valence-corrected chi connectivity index (χ3v) is 6.10. The van der Waals surface area contributed by atoms with Gasteiger partial charge in [0.1, 0.15) is 11.3 Å². The number of nitrogens with zero attached hydrogens (tertiary/aromatic N) is 6. The minimum atomic E-state index is 0.323. The SMILES string of the molecule is COc1cccc2c1nc(N)n1nc(CC[C@@H]3CCc4c(cnn4C(C)C)C3)nc21. The lowest BCUT2D eigenvalue weighted by molar-refractivity contribution is 0.404. The molecule has 0 bridgehead atoms. The van der Waals surface area contributed by atoms with Crippen molar-refractivity contribution in [3.05, 3.63) is 41.5 Å². The summed E-state index contributed by atoms with van der Waals surface area (Å²) in [6.07, 6.45) is 7.29. The number of ether oxygens (including phenoxy) is 1. The van der Waals surface area contributed by atoms with Crippen LogP contribution in [0.2, 0.25) is 0 Å². The van der Waals surface area contributed by atoms with Gasteiger partial charge in [0.05, 0.1) is 13.3 Å². The monoisotopic (exact) mass is 405 g/mol. The van der Waals surface area contributed by atoms with Crippen molar-refractivity contribution in [3.8, 4) is 5.75 Å². The molecule has 0 fully saturated rings. The van der Waals surface area contributed by atoms with Crippen LogP contribution in [0.4, 0.5) is 5.95 Å². The zero-order valence-electron chi connectivity index (χ0n) is 17.7. The predicted molar refractivity (Wildman–Crippen MR) is 116 cm³/mol. The van der Waals surface area contributed by atoms with Gasteiger partial charge in [0.25, 0.3) is 0 Å². The fraction of sp³-hybridized carbons (Fsp3) is 0.455. The first-order chi connectivity index (χ1) is 14.5. The third-order valence-electron chi connectivity index (χ3n) is 6.10. The summed E-state index contributed by atoms with van der Waals surface area (Å²) in [6, 6.07) is 6.21. The highest BCUT2D eigenvalue weighted by atomic mass is 16.5. The molecule has 1 aliphatic carbocycles. The summed E-state index contributed by atoms with van der Waals surface area (Å²) in [7, 11) is 1.63. The molecule has 2 N–H and O–H groups in total. The predicted octanol–water partition coefficient (Wildman–Crippen LogP) is 3.38. The van der Waals surface area contributed by atoms with Gasteiger partial charge in [0.15, 0.2) is 11.5 Å². The number of nitrogens with two attached hydrogens (primary N) is 1. The Labute approximate surface area is 175 Å². The summed E-state index contributed by atoms with van der Waals surface area (Å²) in [5.41, 5.74) is 10.4. The zero-order valence-corrected chi connectivity index (χ0v) is 17.7. The third kappa shape index (κ3) is 3.07. The molecule has 3 heterocycles. The maximum Gasteiger partial charge on any atom is 0.223 e. The fourth-order valence-electron chi connectivity index (χ4n) is 4.59. The van der Waals surface area contributed by atoms with E-state index in [1.165, 1.54) is 17.7 Å². The van der Waals surface area contributed by atoms with Gasteiger partial charge in [-0.05, 0) is 63.1 Å². The van der Waals surface area contributed by atoms with Gasteiger partial charge in [-0.2, -0.15) is 9.61 Å². The van der Waals surface area contributed by atoms with Gasteiger partial charge in [-0.15, -0.1) is 5.10 Å². The molecule has 156 valence electrons. The van der Waals surface area contributed by atoms with Crippen LogP contribution in [0, 0.1) is 5.92 Å². The highest BCUT2D eigenvalue weighted by Crippen LogP contribution is 2.30. The van der Waals surface area contributed by atoms with Gasteiger partial charge >= 0.3 is 0 Å². The molecular formula is C22H27N7O. The molecule has 1 aromatic carbocycles. The number of anilines is 1. The largest absolute Gasteiger partial charge is 0.494 e. The van der Waals surface area contributed by atoms with Crippen molar-refractivity contribution in [2.75, 3.05) is 12.8 Å². The van der Waals surface area contributed by atoms with Gasteiger partial charge < -0.3 is 10.5 Å². The van der Waals surface area contributed by atoms with Crippen molar-refractivity contribution < 1.29 is 4.74 Å². The summed E-state index contributed by atoms with van der Waals surface area (Å²) in [4.78, 5) is 9.28. The van der Waals surface area contributed by atoms with Gasteiger partial charge in [-0.1, -0.05) is 6.07 Å². The Kier molecular flexibility index (Phi) is 4.56. The van der Waals surface area contributed by atoms with E-state index in [4.69, 9.17) is 15.5 Å². The Morgan fingerprint density at radius 1 is 1.27 bits per heavy atom. The molecule has 8 nitrogen and oxygen atoms in total. The molecule has 0 radical (unpaired) electrons. The Morgan fingerprint density at radius 3 is 2.93 bits per heavy atom. The number of hydrogen-bond acceptors (Lipinski definition) is 6. The molecule has 0 spiro atoms. The van der Waals surface area contributed by atoms with E-state index in [2.05, 4.69) is 39.9 Å². The number of benzene rings is 1. The van der Waals surface area contributed by atoms with Gasteiger partial charge in [0, 0.05) is 23.5 Å². The molecule has 4 aromatic rings. The maximum absolute atomic E-state index is 6.16. The molecule has 0 amide bonds. The zero-order chi connectivity index (χ0) is 20.8. The Bertz CT molecular complexity index is 1220. The minimum Gasteiger partial charge on any atom is -0.494 e. The van der Waals surface area contributed by atoms with Crippen LogP contribution >= 0.6 is 0 Å². The molecule has 0 saturated carbocycles. The summed E-state index contributed by atoms with van der Waals surface area (Å²) in [5.74, 6) is 2.44. The van der Waals surface area contributed by atoms with Crippen molar-refractivity contribution in [3.63, 3.8) is 0 Å². The lowest BCUT2D eigenvalue weighted by Gasteiger charge is -2.23. The number of aryl methyl sites for hydroxylation is 1. The fourth-order valence-corrected chi connectivity index (χ4v) is 4.59. The smallest absolute Gasteiger partial charge is 0.223 e.